The molecule has 2 rings (SSSR count). The molecule has 0 bridgehead atoms. The summed E-state index contributed by atoms with van der Waals surface area (Å²) in [6.07, 6.45) is 0. The van der Waals surface area contributed by atoms with E-state index in [1.807, 2.05) is 6.07 Å². The molecule has 2 aromatic rings. The Kier molecular flexibility index (Phi) is 6.07. The van der Waals surface area contributed by atoms with Crippen LogP contribution < -0.4 is 5.32 Å². The van der Waals surface area contributed by atoms with Gasteiger partial charge in [0.1, 0.15) is 5.82 Å². The second-order valence-corrected chi connectivity index (χ2v) is 6.41. The van der Waals surface area contributed by atoms with Crippen LogP contribution in [0.25, 0.3) is 0 Å². The van der Waals surface area contributed by atoms with E-state index in [0.29, 0.717) is 5.75 Å². The van der Waals surface area contributed by atoms with Crippen molar-refractivity contribution in [3.8, 4) is 0 Å². The van der Waals surface area contributed by atoms with E-state index in [9.17, 15) is 4.39 Å². The maximum atomic E-state index is 13.6. The van der Waals surface area contributed by atoms with Crippen molar-refractivity contribution < 1.29 is 4.39 Å². The molecule has 0 aliphatic heterocycles. The Morgan fingerprint density at radius 1 is 1.15 bits per heavy atom. The number of hydrogen-bond donors (Lipinski definition) is 1. The summed E-state index contributed by atoms with van der Waals surface area (Å²) in [7, 11) is 0. The highest BCUT2D eigenvalue weighted by atomic mass is 79.9. The molecule has 0 heterocycles. The van der Waals surface area contributed by atoms with Gasteiger partial charge < -0.3 is 5.32 Å². The maximum Gasteiger partial charge on any atom is 0.127 e. The predicted molar refractivity (Wildman–Crippen MR) is 87.5 cm³/mol. The molecule has 0 saturated heterocycles. The summed E-state index contributed by atoms with van der Waals surface area (Å²) < 4.78 is 14.5. The molecule has 1 N–H and O–H groups in total. The Morgan fingerprint density at radius 2 is 1.90 bits per heavy atom. The molecule has 106 valence electrons. The normalized spacial score (nSPS) is 10.8. The van der Waals surface area contributed by atoms with Crippen LogP contribution in [0.4, 0.5) is 4.39 Å². The van der Waals surface area contributed by atoms with E-state index in [-0.39, 0.29) is 5.82 Å². The molecule has 1 nitrogen and oxygen atoms in total. The lowest BCUT2D eigenvalue weighted by atomic mass is 10.2. The molecule has 0 atom stereocenters. The Labute approximate surface area is 132 Å². The molecule has 0 saturated carbocycles. The van der Waals surface area contributed by atoms with Gasteiger partial charge >= 0.3 is 0 Å². The standard InChI is InChI=1S/C16H17BrFNS/c1-2-19-10-12-3-6-15(7-4-12)20-11-13-9-14(17)5-8-16(13)18/h3-9,19H,2,10-11H2,1H3. The van der Waals surface area contributed by atoms with Crippen molar-refractivity contribution in [1.29, 1.82) is 0 Å². The SMILES string of the molecule is CCNCc1ccc(SCc2cc(Br)ccc2F)cc1. The molecule has 2 aromatic carbocycles. The number of hydrogen-bond acceptors (Lipinski definition) is 2. The Balaban J connectivity index is 1.95. The number of thioether (sulfide) groups is 1. The minimum Gasteiger partial charge on any atom is -0.313 e. The second-order valence-electron chi connectivity index (χ2n) is 4.45. The zero-order chi connectivity index (χ0) is 14.4. The number of nitrogens with one attached hydrogen (secondary N) is 1. The summed E-state index contributed by atoms with van der Waals surface area (Å²) in [4.78, 5) is 1.16. The minimum atomic E-state index is -0.149. The monoisotopic (exact) mass is 353 g/mol. The van der Waals surface area contributed by atoms with Crippen molar-refractivity contribution in [3.63, 3.8) is 0 Å². The van der Waals surface area contributed by atoms with E-state index in [2.05, 4.69) is 52.4 Å². The van der Waals surface area contributed by atoms with Crippen molar-refractivity contribution in [2.45, 2.75) is 24.1 Å². The molecule has 0 aliphatic rings. The molecule has 20 heavy (non-hydrogen) atoms. The van der Waals surface area contributed by atoms with E-state index in [0.717, 1.165) is 28.0 Å². The second kappa shape index (κ2) is 7.81. The molecule has 0 spiro atoms. The molecule has 0 amide bonds. The van der Waals surface area contributed by atoms with Gasteiger partial charge in [0, 0.05) is 21.7 Å². The topological polar surface area (TPSA) is 12.0 Å². The summed E-state index contributed by atoms with van der Waals surface area (Å²) in [6, 6.07) is 13.5. The van der Waals surface area contributed by atoms with Gasteiger partial charge in [0.05, 0.1) is 0 Å². The highest BCUT2D eigenvalue weighted by Gasteiger charge is 2.04. The summed E-state index contributed by atoms with van der Waals surface area (Å²) in [5, 5.41) is 3.29. The summed E-state index contributed by atoms with van der Waals surface area (Å²) in [5.74, 6) is 0.488. The minimum absolute atomic E-state index is 0.149. The van der Waals surface area contributed by atoms with E-state index >= 15 is 0 Å². The van der Waals surface area contributed by atoms with E-state index < -0.39 is 0 Å². The average Bonchev–Trinajstić information content (AvgIpc) is 2.47. The van der Waals surface area contributed by atoms with Gasteiger partial charge in [-0.05, 0) is 48.0 Å². The maximum absolute atomic E-state index is 13.6. The van der Waals surface area contributed by atoms with Crippen molar-refractivity contribution in [3.05, 3.63) is 63.9 Å². The summed E-state index contributed by atoms with van der Waals surface area (Å²) in [5.41, 5.74) is 1.99. The van der Waals surface area contributed by atoms with Crippen molar-refractivity contribution in [2.24, 2.45) is 0 Å². The molecular formula is C16H17BrFNS. The van der Waals surface area contributed by atoms with Crippen molar-refractivity contribution in [1.82, 2.24) is 5.32 Å². The van der Waals surface area contributed by atoms with Gasteiger partial charge in [0.25, 0.3) is 0 Å². The fraction of sp³-hybridized carbons (Fsp3) is 0.250. The van der Waals surface area contributed by atoms with Gasteiger partial charge in [-0.25, -0.2) is 4.39 Å². The third-order valence-electron chi connectivity index (χ3n) is 2.90. The first kappa shape index (κ1) is 15.5. The highest BCUT2D eigenvalue weighted by Crippen LogP contribution is 2.26. The van der Waals surface area contributed by atoms with Gasteiger partial charge in [-0.15, -0.1) is 11.8 Å². The van der Waals surface area contributed by atoms with Crippen LogP contribution in [-0.4, -0.2) is 6.54 Å². The molecule has 0 aliphatic carbocycles. The van der Waals surface area contributed by atoms with E-state index in [1.165, 1.54) is 11.6 Å². The van der Waals surface area contributed by atoms with Crippen LogP contribution in [0.1, 0.15) is 18.1 Å². The first-order valence-corrected chi connectivity index (χ1v) is 8.33. The number of halogens is 2. The van der Waals surface area contributed by atoms with E-state index in [4.69, 9.17) is 0 Å². The average molecular weight is 354 g/mol. The largest absolute Gasteiger partial charge is 0.313 e. The van der Waals surface area contributed by atoms with Crippen LogP contribution in [-0.2, 0) is 12.3 Å². The number of rotatable bonds is 6. The third-order valence-corrected chi connectivity index (χ3v) is 4.46. The lowest BCUT2D eigenvalue weighted by molar-refractivity contribution is 0.617. The van der Waals surface area contributed by atoms with Gasteiger partial charge in [-0.2, -0.15) is 0 Å². The fourth-order valence-corrected chi connectivity index (χ4v) is 3.07. The zero-order valence-electron chi connectivity index (χ0n) is 11.3. The van der Waals surface area contributed by atoms with Gasteiger partial charge in [0.15, 0.2) is 0 Å². The lowest BCUT2D eigenvalue weighted by Crippen LogP contribution is -2.11. The molecule has 4 heteroatoms. The first-order valence-electron chi connectivity index (χ1n) is 6.55. The molecule has 0 radical (unpaired) electrons. The third kappa shape index (κ3) is 4.62. The van der Waals surface area contributed by atoms with Gasteiger partial charge in [-0.3, -0.25) is 0 Å². The predicted octanol–water partition coefficient (Wildman–Crippen LogP) is 4.99. The van der Waals surface area contributed by atoms with Crippen LogP contribution >= 0.6 is 27.7 Å². The highest BCUT2D eigenvalue weighted by molar-refractivity contribution is 9.10. The van der Waals surface area contributed by atoms with E-state index in [1.54, 1.807) is 17.8 Å². The Bertz CT molecular complexity index is 557. The number of benzene rings is 2. The first-order chi connectivity index (χ1) is 9.69. The van der Waals surface area contributed by atoms with Crippen molar-refractivity contribution >= 4 is 27.7 Å². The van der Waals surface area contributed by atoms with Gasteiger partial charge in [-0.1, -0.05) is 35.0 Å². The Hall–Kier alpha value is -0.840. The molecular weight excluding hydrogens is 337 g/mol. The van der Waals surface area contributed by atoms with Crippen LogP contribution in [0, 0.1) is 5.82 Å². The Morgan fingerprint density at radius 3 is 2.60 bits per heavy atom. The molecule has 0 fully saturated rings. The zero-order valence-corrected chi connectivity index (χ0v) is 13.7. The summed E-state index contributed by atoms with van der Waals surface area (Å²) in [6.45, 7) is 3.96. The van der Waals surface area contributed by atoms with Crippen LogP contribution in [0.15, 0.2) is 51.8 Å². The van der Waals surface area contributed by atoms with Crippen molar-refractivity contribution in [2.75, 3.05) is 6.54 Å². The fourth-order valence-electron chi connectivity index (χ4n) is 1.79. The molecule has 0 unspecified atom stereocenters. The molecule has 0 aromatic heterocycles. The lowest BCUT2D eigenvalue weighted by Gasteiger charge is -2.06. The van der Waals surface area contributed by atoms with Crippen LogP contribution in [0.5, 0.6) is 0 Å². The van der Waals surface area contributed by atoms with Crippen LogP contribution in [0.2, 0.25) is 0 Å². The summed E-state index contributed by atoms with van der Waals surface area (Å²) >= 11 is 5.02. The van der Waals surface area contributed by atoms with Crippen LogP contribution in [0.3, 0.4) is 0 Å². The quantitative estimate of drug-likeness (QED) is 0.734. The smallest absolute Gasteiger partial charge is 0.127 e. The van der Waals surface area contributed by atoms with Gasteiger partial charge in [0.2, 0.25) is 0 Å².